The molecule has 1 aromatic rings. The van der Waals surface area contributed by atoms with Crippen LogP contribution in [0.2, 0.25) is 0 Å². The van der Waals surface area contributed by atoms with Crippen LogP contribution < -0.4 is 10.5 Å². The van der Waals surface area contributed by atoms with Gasteiger partial charge < -0.3 is 15.6 Å². The predicted molar refractivity (Wildman–Crippen MR) is 59.6 cm³/mol. The predicted octanol–water partition coefficient (Wildman–Crippen LogP) is 2.57. The average Bonchev–Trinajstić information content (AvgIpc) is 2.12. The van der Waals surface area contributed by atoms with E-state index in [-0.39, 0.29) is 11.8 Å². The van der Waals surface area contributed by atoms with Gasteiger partial charge in [-0.15, -0.1) is 0 Å². The van der Waals surface area contributed by atoms with Crippen molar-refractivity contribution in [2.75, 3.05) is 6.61 Å². The second kappa shape index (κ2) is 4.66. The van der Waals surface area contributed by atoms with Crippen molar-refractivity contribution >= 4 is 15.9 Å². The molecule has 0 saturated heterocycles. The first-order chi connectivity index (χ1) is 6.56. The van der Waals surface area contributed by atoms with Crippen LogP contribution in [-0.2, 0) is 0 Å². The van der Waals surface area contributed by atoms with Gasteiger partial charge in [-0.3, -0.25) is 0 Å². The van der Waals surface area contributed by atoms with Gasteiger partial charge in [-0.2, -0.15) is 0 Å². The third-order valence-electron chi connectivity index (χ3n) is 1.88. The summed E-state index contributed by atoms with van der Waals surface area (Å²) in [5.74, 6) is 0.588. The lowest BCUT2D eigenvalue weighted by Crippen LogP contribution is -2.05. The molecule has 1 atom stereocenters. The zero-order chi connectivity index (χ0) is 10.7. The van der Waals surface area contributed by atoms with Crippen molar-refractivity contribution < 1.29 is 9.84 Å². The Labute approximate surface area is 92.0 Å². The van der Waals surface area contributed by atoms with E-state index in [1.54, 1.807) is 12.1 Å². The van der Waals surface area contributed by atoms with E-state index in [1.807, 2.05) is 13.8 Å². The van der Waals surface area contributed by atoms with Crippen LogP contribution in [0.5, 0.6) is 11.5 Å². The molecule has 0 unspecified atom stereocenters. The van der Waals surface area contributed by atoms with Crippen molar-refractivity contribution in [2.24, 2.45) is 5.73 Å². The first kappa shape index (κ1) is 11.3. The minimum atomic E-state index is -0.0777. The molecular weight excluding hydrogens is 246 g/mol. The molecule has 1 rings (SSSR count). The lowest BCUT2D eigenvalue weighted by Gasteiger charge is -2.12. The summed E-state index contributed by atoms with van der Waals surface area (Å²) in [5.41, 5.74) is 6.67. The summed E-state index contributed by atoms with van der Waals surface area (Å²) in [7, 11) is 0. The van der Waals surface area contributed by atoms with Gasteiger partial charge in [0.05, 0.1) is 11.1 Å². The van der Waals surface area contributed by atoms with E-state index in [4.69, 9.17) is 10.5 Å². The maximum Gasteiger partial charge on any atom is 0.172 e. The Kier molecular flexibility index (Phi) is 3.77. The highest BCUT2D eigenvalue weighted by Crippen LogP contribution is 2.36. The number of aromatic hydroxyl groups is 1. The highest BCUT2D eigenvalue weighted by molar-refractivity contribution is 9.10. The van der Waals surface area contributed by atoms with Crippen molar-refractivity contribution in [3.63, 3.8) is 0 Å². The zero-order valence-electron chi connectivity index (χ0n) is 8.25. The van der Waals surface area contributed by atoms with E-state index in [1.165, 1.54) is 0 Å². The standard InChI is InChI=1S/C10H14BrNO2/c1-3-14-9-5-7(6(2)12)4-8(11)10(9)13/h4-6,13H,3,12H2,1-2H3/t6-/m1/s1. The Hall–Kier alpha value is -0.740. The highest BCUT2D eigenvalue weighted by Gasteiger charge is 2.10. The largest absolute Gasteiger partial charge is 0.503 e. The molecule has 4 heteroatoms. The first-order valence-corrected chi connectivity index (χ1v) is 5.26. The summed E-state index contributed by atoms with van der Waals surface area (Å²) in [5, 5.41) is 9.62. The Bertz CT molecular complexity index is 326. The Morgan fingerprint density at radius 2 is 2.21 bits per heavy atom. The molecule has 78 valence electrons. The number of nitrogens with two attached hydrogens (primary N) is 1. The van der Waals surface area contributed by atoms with Gasteiger partial charge >= 0.3 is 0 Å². The molecule has 3 nitrogen and oxygen atoms in total. The van der Waals surface area contributed by atoms with Crippen LogP contribution in [0, 0.1) is 0 Å². The van der Waals surface area contributed by atoms with E-state index in [0.717, 1.165) is 5.56 Å². The third-order valence-corrected chi connectivity index (χ3v) is 2.48. The maximum atomic E-state index is 9.62. The molecule has 3 N–H and O–H groups in total. The van der Waals surface area contributed by atoms with E-state index >= 15 is 0 Å². The monoisotopic (exact) mass is 259 g/mol. The minimum absolute atomic E-state index is 0.0777. The van der Waals surface area contributed by atoms with E-state index < -0.39 is 0 Å². The zero-order valence-corrected chi connectivity index (χ0v) is 9.84. The minimum Gasteiger partial charge on any atom is -0.503 e. The lowest BCUT2D eigenvalue weighted by molar-refractivity contribution is 0.316. The molecular formula is C10H14BrNO2. The Morgan fingerprint density at radius 1 is 1.57 bits per heavy atom. The molecule has 0 aliphatic carbocycles. The van der Waals surface area contributed by atoms with E-state index in [2.05, 4.69) is 15.9 Å². The molecule has 0 aromatic heterocycles. The summed E-state index contributed by atoms with van der Waals surface area (Å²) in [6, 6.07) is 3.47. The number of ether oxygens (including phenoxy) is 1. The fourth-order valence-corrected chi connectivity index (χ4v) is 1.58. The molecule has 0 aliphatic heterocycles. The van der Waals surface area contributed by atoms with Crippen LogP contribution in [0.4, 0.5) is 0 Å². The van der Waals surface area contributed by atoms with Crippen LogP contribution in [0.25, 0.3) is 0 Å². The third kappa shape index (κ3) is 2.39. The summed E-state index contributed by atoms with van der Waals surface area (Å²) in [6.07, 6.45) is 0. The molecule has 0 spiro atoms. The topological polar surface area (TPSA) is 55.5 Å². The van der Waals surface area contributed by atoms with Gasteiger partial charge in [-0.05, 0) is 47.5 Å². The number of hydrogen-bond donors (Lipinski definition) is 2. The summed E-state index contributed by atoms with van der Waals surface area (Å²) in [6.45, 7) is 4.27. The van der Waals surface area contributed by atoms with Gasteiger partial charge in [-0.1, -0.05) is 0 Å². The molecule has 0 bridgehead atoms. The normalized spacial score (nSPS) is 12.6. The number of phenols is 1. The highest BCUT2D eigenvalue weighted by atomic mass is 79.9. The van der Waals surface area contributed by atoms with Gasteiger partial charge in [0, 0.05) is 6.04 Å². The summed E-state index contributed by atoms with van der Waals surface area (Å²) >= 11 is 3.25. The number of benzene rings is 1. The molecule has 0 heterocycles. The Morgan fingerprint density at radius 3 is 2.71 bits per heavy atom. The second-order valence-corrected chi connectivity index (χ2v) is 3.93. The number of phenolic OH excluding ortho intramolecular Hbond substituents is 1. The molecule has 14 heavy (non-hydrogen) atoms. The van der Waals surface area contributed by atoms with Crippen LogP contribution in [0.3, 0.4) is 0 Å². The van der Waals surface area contributed by atoms with Gasteiger partial charge in [0.15, 0.2) is 11.5 Å². The van der Waals surface area contributed by atoms with Gasteiger partial charge in [0.25, 0.3) is 0 Å². The van der Waals surface area contributed by atoms with Crippen molar-refractivity contribution in [2.45, 2.75) is 19.9 Å². The van der Waals surface area contributed by atoms with Crippen LogP contribution in [0.15, 0.2) is 16.6 Å². The van der Waals surface area contributed by atoms with Gasteiger partial charge in [0.2, 0.25) is 0 Å². The maximum absolute atomic E-state index is 9.62. The second-order valence-electron chi connectivity index (χ2n) is 3.07. The average molecular weight is 260 g/mol. The van der Waals surface area contributed by atoms with Crippen LogP contribution >= 0.6 is 15.9 Å². The fraction of sp³-hybridized carbons (Fsp3) is 0.400. The van der Waals surface area contributed by atoms with Crippen molar-refractivity contribution in [3.8, 4) is 11.5 Å². The van der Waals surface area contributed by atoms with Crippen LogP contribution in [0.1, 0.15) is 25.5 Å². The molecule has 1 aromatic carbocycles. The summed E-state index contributed by atoms with van der Waals surface area (Å²) < 4.78 is 5.88. The van der Waals surface area contributed by atoms with Crippen molar-refractivity contribution in [1.29, 1.82) is 0 Å². The number of halogens is 1. The van der Waals surface area contributed by atoms with Crippen LogP contribution in [-0.4, -0.2) is 11.7 Å². The molecule has 0 aliphatic rings. The molecule has 0 saturated carbocycles. The smallest absolute Gasteiger partial charge is 0.172 e. The van der Waals surface area contributed by atoms with Gasteiger partial charge in [-0.25, -0.2) is 0 Å². The number of hydrogen-bond acceptors (Lipinski definition) is 3. The van der Waals surface area contributed by atoms with E-state index in [0.29, 0.717) is 16.8 Å². The fourth-order valence-electron chi connectivity index (χ4n) is 1.12. The quantitative estimate of drug-likeness (QED) is 0.878. The molecule has 0 radical (unpaired) electrons. The lowest BCUT2D eigenvalue weighted by atomic mass is 10.1. The first-order valence-electron chi connectivity index (χ1n) is 4.47. The van der Waals surface area contributed by atoms with Crippen molar-refractivity contribution in [1.82, 2.24) is 0 Å². The number of rotatable bonds is 3. The van der Waals surface area contributed by atoms with Gasteiger partial charge in [0.1, 0.15) is 0 Å². The molecule has 0 fully saturated rings. The summed E-state index contributed by atoms with van der Waals surface area (Å²) in [4.78, 5) is 0. The Balaban J connectivity index is 3.14. The molecule has 0 amide bonds. The SMILES string of the molecule is CCOc1cc([C@@H](C)N)cc(Br)c1O. The van der Waals surface area contributed by atoms with Crippen molar-refractivity contribution in [3.05, 3.63) is 22.2 Å². The van der Waals surface area contributed by atoms with E-state index in [9.17, 15) is 5.11 Å².